The first kappa shape index (κ1) is 9.14. The summed E-state index contributed by atoms with van der Waals surface area (Å²) in [6, 6.07) is 0. The summed E-state index contributed by atoms with van der Waals surface area (Å²) >= 11 is 1.98. The van der Waals surface area contributed by atoms with Crippen LogP contribution in [0.3, 0.4) is 0 Å². The summed E-state index contributed by atoms with van der Waals surface area (Å²) in [5, 5.41) is 0.661. The number of hydrogen-bond acceptors (Lipinski definition) is 1. The maximum Gasteiger partial charge on any atom is 0.0365 e. The topological polar surface area (TPSA) is 0 Å². The zero-order chi connectivity index (χ0) is 9.47. The fourth-order valence-corrected chi connectivity index (χ4v) is 3.76. The Morgan fingerprint density at radius 2 is 2.46 bits per heavy atom. The van der Waals surface area contributed by atoms with Crippen LogP contribution in [0.2, 0.25) is 0 Å². The van der Waals surface area contributed by atoms with Crippen molar-refractivity contribution in [1.29, 1.82) is 0 Å². The largest absolute Gasteiger partial charge is 0.118 e. The molecule has 70 valence electrons. The van der Waals surface area contributed by atoms with Gasteiger partial charge in [-0.05, 0) is 19.8 Å². The molecule has 0 saturated heterocycles. The molecule has 0 aromatic rings. The lowest BCUT2D eigenvalue weighted by Crippen LogP contribution is -2.28. The summed E-state index contributed by atoms with van der Waals surface area (Å²) in [4.78, 5) is 1.40. The van der Waals surface area contributed by atoms with E-state index in [-0.39, 0.29) is 0 Å². The minimum absolute atomic E-state index is 0.406. The van der Waals surface area contributed by atoms with E-state index in [4.69, 9.17) is 0 Å². The second kappa shape index (κ2) is 3.06. The molecule has 0 radical (unpaired) electrons. The van der Waals surface area contributed by atoms with E-state index in [1.807, 2.05) is 17.8 Å². The van der Waals surface area contributed by atoms with Crippen molar-refractivity contribution in [2.24, 2.45) is 5.41 Å². The molecule has 1 aliphatic carbocycles. The molecule has 0 bridgehead atoms. The summed E-state index contributed by atoms with van der Waals surface area (Å²) in [7, 11) is 0. The van der Waals surface area contributed by atoms with Gasteiger partial charge in [-0.15, -0.1) is 11.8 Å². The van der Waals surface area contributed by atoms with Crippen LogP contribution in [0.1, 0.15) is 26.7 Å². The molecule has 1 heteroatoms. The van der Waals surface area contributed by atoms with Gasteiger partial charge < -0.3 is 0 Å². The molecule has 0 saturated carbocycles. The Balaban J connectivity index is 2.40. The van der Waals surface area contributed by atoms with Gasteiger partial charge in [-0.25, -0.2) is 0 Å². The van der Waals surface area contributed by atoms with Gasteiger partial charge in [0.1, 0.15) is 0 Å². The van der Waals surface area contributed by atoms with Gasteiger partial charge in [-0.1, -0.05) is 37.3 Å². The second-order valence-electron chi connectivity index (χ2n) is 4.12. The summed E-state index contributed by atoms with van der Waals surface area (Å²) < 4.78 is 0. The van der Waals surface area contributed by atoms with Gasteiger partial charge in [0, 0.05) is 15.6 Å². The molecular weight excluding hydrogens is 176 g/mol. The van der Waals surface area contributed by atoms with E-state index in [2.05, 4.69) is 32.6 Å². The number of hydrogen-bond donors (Lipinski definition) is 0. The average molecular weight is 192 g/mol. The fraction of sp³-hybridized carbons (Fsp3) is 0.500. The van der Waals surface area contributed by atoms with Crippen LogP contribution in [-0.2, 0) is 0 Å². The van der Waals surface area contributed by atoms with Gasteiger partial charge in [0.15, 0.2) is 0 Å². The number of allylic oxidation sites excluding steroid dienone is 3. The number of rotatable bonds is 1. The van der Waals surface area contributed by atoms with E-state index in [0.29, 0.717) is 10.7 Å². The molecular formula is C12H16S. The highest BCUT2D eigenvalue weighted by Gasteiger charge is 2.42. The van der Waals surface area contributed by atoms with Gasteiger partial charge in [0.25, 0.3) is 0 Å². The minimum atomic E-state index is 0.406. The minimum Gasteiger partial charge on any atom is -0.118 e. The Morgan fingerprint density at radius 1 is 1.69 bits per heavy atom. The molecule has 0 fully saturated rings. The van der Waals surface area contributed by atoms with Crippen LogP contribution < -0.4 is 0 Å². The van der Waals surface area contributed by atoms with Crippen molar-refractivity contribution < 1.29 is 0 Å². The molecule has 2 atom stereocenters. The molecule has 1 aliphatic heterocycles. The average Bonchev–Trinajstić information content (AvgIpc) is 2.40. The molecule has 0 spiro atoms. The van der Waals surface area contributed by atoms with Crippen molar-refractivity contribution in [3.8, 4) is 0 Å². The normalized spacial score (nSPS) is 37.8. The van der Waals surface area contributed by atoms with E-state index in [1.54, 1.807) is 5.57 Å². The molecule has 2 rings (SSSR count). The van der Waals surface area contributed by atoms with Gasteiger partial charge in [-0.3, -0.25) is 0 Å². The number of fused-ring (bicyclic) bond motifs is 1. The molecule has 1 heterocycles. The van der Waals surface area contributed by atoms with E-state index < -0.39 is 0 Å². The van der Waals surface area contributed by atoms with Gasteiger partial charge >= 0.3 is 0 Å². The van der Waals surface area contributed by atoms with Crippen LogP contribution in [0.15, 0.2) is 35.3 Å². The van der Waals surface area contributed by atoms with Crippen molar-refractivity contribution in [2.75, 3.05) is 0 Å². The second-order valence-corrected chi connectivity index (χ2v) is 5.30. The Labute approximate surface area is 84.8 Å². The van der Waals surface area contributed by atoms with Crippen LogP contribution in [0.5, 0.6) is 0 Å². The van der Waals surface area contributed by atoms with Crippen molar-refractivity contribution in [2.45, 2.75) is 31.9 Å². The highest BCUT2D eigenvalue weighted by molar-refractivity contribution is 8.04. The van der Waals surface area contributed by atoms with E-state index in [9.17, 15) is 0 Å². The quantitative estimate of drug-likeness (QED) is 0.567. The lowest BCUT2D eigenvalue weighted by Gasteiger charge is -2.33. The standard InChI is InChI=1S/C12H16S/c1-4-10-9(2)12(3)8-6-5-7-11(12)13-10/h4-5,7,11H,1,6,8H2,2-3H3. The Hall–Kier alpha value is -0.430. The van der Waals surface area contributed by atoms with E-state index in [0.717, 1.165) is 0 Å². The molecule has 0 nitrogen and oxygen atoms in total. The predicted octanol–water partition coefficient (Wildman–Crippen LogP) is 3.92. The summed E-state index contributed by atoms with van der Waals surface area (Å²) in [6.07, 6.45) is 9.23. The zero-order valence-electron chi connectivity index (χ0n) is 8.34. The molecule has 0 N–H and O–H groups in total. The first-order valence-electron chi connectivity index (χ1n) is 4.85. The fourth-order valence-electron chi connectivity index (χ4n) is 2.24. The summed E-state index contributed by atoms with van der Waals surface area (Å²) in [5.74, 6) is 0. The lowest BCUT2D eigenvalue weighted by atomic mass is 9.73. The third-order valence-corrected chi connectivity index (χ3v) is 5.09. The third-order valence-electron chi connectivity index (χ3n) is 3.43. The van der Waals surface area contributed by atoms with E-state index >= 15 is 0 Å². The monoisotopic (exact) mass is 192 g/mol. The zero-order valence-corrected chi connectivity index (χ0v) is 9.16. The van der Waals surface area contributed by atoms with Crippen LogP contribution in [0.25, 0.3) is 0 Å². The highest BCUT2D eigenvalue weighted by Crippen LogP contribution is 2.55. The van der Waals surface area contributed by atoms with Crippen molar-refractivity contribution in [3.05, 3.63) is 35.3 Å². The summed E-state index contributed by atoms with van der Waals surface area (Å²) in [5.41, 5.74) is 1.95. The molecule has 2 aliphatic rings. The van der Waals surface area contributed by atoms with Gasteiger partial charge in [0.2, 0.25) is 0 Å². The first-order chi connectivity index (χ1) is 6.18. The third kappa shape index (κ3) is 1.21. The van der Waals surface area contributed by atoms with Crippen LogP contribution in [0.4, 0.5) is 0 Å². The Bertz CT molecular complexity index is 298. The maximum atomic E-state index is 3.88. The maximum absolute atomic E-state index is 3.88. The number of thioether (sulfide) groups is 1. The van der Waals surface area contributed by atoms with Gasteiger partial charge in [-0.2, -0.15) is 0 Å². The molecule has 0 aromatic heterocycles. The highest BCUT2D eigenvalue weighted by atomic mass is 32.2. The van der Waals surface area contributed by atoms with Crippen LogP contribution in [0, 0.1) is 5.41 Å². The molecule has 2 unspecified atom stereocenters. The van der Waals surface area contributed by atoms with Crippen molar-refractivity contribution >= 4 is 11.8 Å². The van der Waals surface area contributed by atoms with Crippen molar-refractivity contribution in [3.63, 3.8) is 0 Å². The van der Waals surface area contributed by atoms with Crippen LogP contribution in [-0.4, -0.2) is 5.25 Å². The smallest absolute Gasteiger partial charge is 0.0365 e. The Kier molecular flexibility index (Phi) is 2.15. The molecule has 0 aromatic carbocycles. The summed E-state index contributed by atoms with van der Waals surface area (Å²) in [6.45, 7) is 8.54. The first-order valence-corrected chi connectivity index (χ1v) is 5.73. The Morgan fingerprint density at radius 3 is 3.08 bits per heavy atom. The van der Waals surface area contributed by atoms with Crippen LogP contribution >= 0.6 is 11.8 Å². The molecule has 0 amide bonds. The van der Waals surface area contributed by atoms with E-state index in [1.165, 1.54) is 17.7 Å². The van der Waals surface area contributed by atoms with Gasteiger partial charge in [0.05, 0.1) is 0 Å². The lowest BCUT2D eigenvalue weighted by molar-refractivity contribution is 0.376. The molecule has 13 heavy (non-hydrogen) atoms. The predicted molar refractivity (Wildman–Crippen MR) is 60.8 cm³/mol. The van der Waals surface area contributed by atoms with Crippen molar-refractivity contribution in [1.82, 2.24) is 0 Å². The SMILES string of the molecule is C=CC1=C(C)C2(C)CCC=CC2S1.